The fourth-order valence-corrected chi connectivity index (χ4v) is 1.66. The molecule has 0 bridgehead atoms. The van der Waals surface area contributed by atoms with Gasteiger partial charge in [-0.1, -0.05) is 30.3 Å². The van der Waals surface area contributed by atoms with E-state index in [0.717, 1.165) is 11.3 Å². The number of carbonyl (C=O) groups excluding carboxylic acids is 1. The first-order valence-corrected chi connectivity index (χ1v) is 5.73. The van der Waals surface area contributed by atoms with Crippen LogP contribution in [0.25, 0.3) is 0 Å². The molecule has 5 nitrogen and oxygen atoms in total. The first kappa shape index (κ1) is 12.3. The van der Waals surface area contributed by atoms with Crippen LogP contribution in [0, 0.1) is 0 Å². The summed E-state index contributed by atoms with van der Waals surface area (Å²) < 4.78 is 1.69. The Morgan fingerprint density at radius 2 is 2.11 bits per heavy atom. The van der Waals surface area contributed by atoms with Crippen molar-refractivity contribution in [3.8, 4) is 0 Å². The number of hydrogen-bond donors (Lipinski definition) is 2. The molecule has 3 N–H and O–H groups in total. The minimum absolute atomic E-state index is 0.202. The molecule has 0 aliphatic carbocycles. The van der Waals surface area contributed by atoms with E-state index in [-0.39, 0.29) is 5.91 Å². The number of carbonyl (C=O) groups is 1. The Kier molecular flexibility index (Phi) is 3.74. The third-order valence-corrected chi connectivity index (χ3v) is 2.65. The monoisotopic (exact) mass is 244 g/mol. The fourth-order valence-electron chi connectivity index (χ4n) is 1.66. The van der Waals surface area contributed by atoms with Crippen LogP contribution in [-0.2, 0) is 18.4 Å². The number of hydrogen-bond acceptors (Lipinski definition) is 3. The molecule has 0 radical (unpaired) electrons. The molecule has 1 aromatic carbocycles. The van der Waals surface area contributed by atoms with Crippen molar-refractivity contribution in [1.82, 2.24) is 15.1 Å². The van der Waals surface area contributed by atoms with Crippen molar-refractivity contribution in [2.24, 2.45) is 12.8 Å². The number of amides is 1. The van der Waals surface area contributed by atoms with Gasteiger partial charge < -0.3 is 11.1 Å². The van der Waals surface area contributed by atoms with Crippen LogP contribution < -0.4 is 11.1 Å². The molecule has 0 unspecified atom stereocenters. The smallest absolute Gasteiger partial charge is 0.241 e. The van der Waals surface area contributed by atoms with E-state index < -0.39 is 6.04 Å². The highest BCUT2D eigenvalue weighted by molar-refractivity contribution is 5.82. The van der Waals surface area contributed by atoms with Crippen LogP contribution in [0.15, 0.2) is 42.6 Å². The topological polar surface area (TPSA) is 72.9 Å². The summed E-state index contributed by atoms with van der Waals surface area (Å²) in [5, 5.41) is 6.95. The Morgan fingerprint density at radius 1 is 1.39 bits per heavy atom. The molecule has 0 saturated carbocycles. The highest BCUT2D eigenvalue weighted by atomic mass is 16.2. The predicted molar refractivity (Wildman–Crippen MR) is 68.4 cm³/mol. The average Bonchev–Trinajstić information content (AvgIpc) is 2.82. The zero-order chi connectivity index (χ0) is 13.0. The minimum Gasteiger partial charge on any atom is -0.349 e. The number of aryl methyl sites for hydroxylation is 1. The van der Waals surface area contributed by atoms with Crippen molar-refractivity contribution in [3.63, 3.8) is 0 Å². The number of benzene rings is 1. The number of rotatable bonds is 4. The molecule has 0 aliphatic rings. The van der Waals surface area contributed by atoms with Crippen LogP contribution in [0.3, 0.4) is 0 Å². The fraction of sp³-hybridized carbons (Fsp3) is 0.231. The molecule has 2 rings (SSSR count). The van der Waals surface area contributed by atoms with Gasteiger partial charge in [0.2, 0.25) is 5.91 Å². The lowest BCUT2D eigenvalue weighted by atomic mass is 10.1. The van der Waals surface area contributed by atoms with E-state index in [2.05, 4.69) is 10.4 Å². The lowest BCUT2D eigenvalue weighted by molar-refractivity contribution is -0.122. The van der Waals surface area contributed by atoms with Gasteiger partial charge in [0, 0.05) is 13.2 Å². The van der Waals surface area contributed by atoms with E-state index in [0.29, 0.717) is 6.54 Å². The van der Waals surface area contributed by atoms with Crippen molar-refractivity contribution < 1.29 is 4.79 Å². The molecule has 18 heavy (non-hydrogen) atoms. The number of nitrogens with zero attached hydrogens (tertiary/aromatic N) is 2. The third-order valence-electron chi connectivity index (χ3n) is 2.65. The number of aromatic nitrogens is 2. The van der Waals surface area contributed by atoms with Gasteiger partial charge in [0.25, 0.3) is 0 Å². The second-order valence-electron chi connectivity index (χ2n) is 4.09. The van der Waals surface area contributed by atoms with E-state index in [4.69, 9.17) is 5.73 Å². The molecule has 1 amide bonds. The molecule has 0 saturated heterocycles. The summed E-state index contributed by atoms with van der Waals surface area (Å²) >= 11 is 0. The second kappa shape index (κ2) is 5.46. The minimum atomic E-state index is -0.644. The molecule has 5 heteroatoms. The molecule has 0 fully saturated rings. The van der Waals surface area contributed by atoms with Gasteiger partial charge in [-0.3, -0.25) is 9.48 Å². The maximum absolute atomic E-state index is 11.9. The van der Waals surface area contributed by atoms with Gasteiger partial charge in [0.1, 0.15) is 6.04 Å². The van der Waals surface area contributed by atoms with Crippen molar-refractivity contribution in [2.45, 2.75) is 12.6 Å². The van der Waals surface area contributed by atoms with Crippen molar-refractivity contribution in [2.75, 3.05) is 0 Å². The standard InChI is InChI=1S/C13H16N4O/c1-17-8-7-11(16-17)9-15-13(18)12(14)10-5-3-2-4-6-10/h2-8,12H,9,14H2,1H3,(H,15,18)/t12-/m0/s1. The van der Waals surface area contributed by atoms with Crippen molar-refractivity contribution in [3.05, 3.63) is 53.9 Å². The molecular formula is C13H16N4O. The van der Waals surface area contributed by atoms with Crippen LogP contribution in [0.1, 0.15) is 17.3 Å². The third kappa shape index (κ3) is 2.95. The predicted octanol–water partition coefficient (Wildman–Crippen LogP) is 0.736. The largest absolute Gasteiger partial charge is 0.349 e. The van der Waals surface area contributed by atoms with Crippen molar-refractivity contribution >= 4 is 5.91 Å². The summed E-state index contributed by atoms with van der Waals surface area (Å²) in [5.74, 6) is -0.202. The average molecular weight is 244 g/mol. The molecule has 1 aromatic heterocycles. The van der Waals surface area contributed by atoms with Gasteiger partial charge in [0.05, 0.1) is 12.2 Å². The summed E-state index contributed by atoms with van der Waals surface area (Å²) in [4.78, 5) is 11.9. The van der Waals surface area contributed by atoms with E-state index >= 15 is 0 Å². The van der Waals surface area contributed by atoms with E-state index in [1.807, 2.05) is 49.6 Å². The maximum atomic E-state index is 11.9. The summed E-state index contributed by atoms with van der Waals surface area (Å²) in [6, 6.07) is 10.5. The number of nitrogens with two attached hydrogens (primary N) is 1. The summed E-state index contributed by atoms with van der Waals surface area (Å²) in [5.41, 5.74) is 7.48. The summed E-state index contributed by atoms with van der Waals surface area (Å²) in [7, 11) is 1.83. The van der Waals surface area contributed by atoms with Gasteiger partial charge in [-0.05, 0) is 11.6 Å². The molecule has 94 valence electrons. The molecule has 0 spiro atoms. The lowest BCUT2D eigenvalue weighted by Crippen LogP contribution is -2.33. The van der Waals surface area contributed by atoms with Crippen LogP contribution >= 0.6 is 0 Å². The van der Waals surface area contributed by atoms with Crippen LogP contribution in [0.5, 0.6) is 0 Å². The van der Waals surface area contributed by atoms with Crippen LogP contribution in [-0.4, -0.2) is 15.7 Å². The van der Waals surface area contributed by atoms with Gasteiger partial charge in [-0.25, -0.2) is 0 Å². The highest BCUT2D eigenvalue weighted by Gasteiger charge is 2.14. The lowest BCUT2D eigenvalue weighted by Gasteiger charge is -2.11. The maximum Gasteiger partial charge on any atom is 0.241 e. The first-order chi connectivity index (χ1) is 8.66. The van der Waals surface area contributed by atoms with E-state index in [1.165, 1.54) is 0 Å². The van der Waals surface area contributed by atoms with Gasteiger partial charge in [0.15, 0.2) is 0 Å². The van der Waals surface area contributed by atoms with Gasteiger partial charge >= 0.3 is 0 Å². The van der Waals surface area contributed by atoms with E-state index in [9.17, 15) is 4.79 Å². The summed E-state index contributed by atoms with van der Waals surface area (Å²) in [6.45, 7) is 0.389. The normalized spacial score (nSPS) is 12.1. The molecule has 0 aliphatic heterocycles. The van der Waals surface area contributed by atoms with Crippen LogP contribution in [0.2, 0.25) is 0 Å². The molecule has 2 aromatic rings. The number of nitrogens with one attached hydrogen (secondary N) is 1. The Bertz CT molecular complexity index is 521. The van der Waals surface area contributed by atoms with Crippen molar-refractivity contribution in [1.29, 1.82) is 0 Å². The Hall–Kier alpha value is -2.14. The zero-order valence-corrected chi connectivity index (χ0v) is 10.2. The summed E-state index contributed by atoms with van der Waals surface area (Å²) in [6.07, 6.45) is 1.83. The quantitative estimate of drug-likeness (QED) is 0.833. The zero-order valence-electron chi connectivity index (χ0n) is 10.2. The van der Waals surface area contributed by atoms with Gasteiger partial charge in [-0.2, -0.15) is 5.10 Å². The molecular weight excluding hydrogens is 228 g/mol. The second-order valence-corrected chi connectivity index (χ2v) is 4.09. The SMILES string of the molecule is Cn1ccc(CNC(=O)[C@@H](N)c2ccccc2)n1. The first-order valence-electron chi connectivity index (χ1n) is 5.73. The molecule has 1 heterocycles. The van der Waals surface area contributed by atoms with Gasteiger partial charge in [-0.15, -0.1) is 0 Å². The van der Waals surface area contributed by atoms with Crippen LogP contribution in [0.4, 0.5) is 0 Å². The highest BCUT2D eigenvalue weighted by Crippen LogP contribution is 2.09. The Morgan fingerprint density at radius 3 is 2.72 bits per heavy atom. The Labute approximate surface area is 106 Å². The Balaban J connectivity index is 1.92. The molecule has 1 atom stereocenters. The van der Waals surface area contributed by atoms with E-state index in [1.54, 1.807) is 4.68 Å².